The maximum atomic E-state index is 6.51. The van der Waals surface area contributed by atoms with E-state index in [9.17, 15) is 0 Å². The van der Waals surface area contributed by atoms with Gasteiger partial charge in [0.2, 0.25) is 0 Å². The van der Waals surface area contributed by atoms with E-state index in [0.717, 1.165) is 29.7 Å². The maximum absolute atomic E-state index is 6.51. The van der Waals surface area contributed by atoms with E-state index in [2.05, 4.69) is 26.8 Å². The van der Waals surface area contributed by atoms with E-state index >= 15 is 0 Å². The molecule has 0 aliphatic carbocycles. The first-order valence-electron chi connectivity index (χ1n) is 7.08. The second-order valence-electron chi connectivity index (χ2n) is 4.91. The van der Waals surface area contributed by atoms with Crippen LogP contribution in [-0.2, 0) is 4.74 Å². The second kappa shape index (κ2) is 6.92. The van der Waals surface area contributed by atoms with E-state index in [-0.39, 0.29) is 11.6 Å². The lowest BCUT2D eigenvalue weighted by atomic mass is 9.83. The molecule has 1 aromatic carbocycles. The molecule has 0 saturated heterocycles. The van der Waals surface area contributed by atoms with Gasteiger partial charge in [0.15, 0.2) is 0 Å². The predicted octanol–water partition coefficient (Wildman–Crippen LogP) is 3.60. The third-order valence-corrected chi connectivity index (χ3v) is 4.01. The van der Waals surface area contributed by atoms with E-state index in [1.807, 2.05) is 19.1 Å². The molecule has 0 aromatic heterocycles. The molecule has 0 aliphatic rings. The minimum Gasteiger partial charge on any atom is -0.497 e. The zero-order valence-electron chi connectivity index (χ0n) is 12.8. The zero-order chi connectivity index (χ0) is 14.5. The van der Waals surface area contributed by atoms with Crippen LogP contribution in [0.3, 0.4) is 0 Å². The highest BCUT2D eigenvalue weighted by atomic mass is 16.5. The Morgan fingerprint density at radius 3 is 2.26 bits per heavy atom. The van der Waals surface area contributed by atoms with Crippen LogP contribution in [0.4, 0.5) is 0 Å². The average molecular weight is 265 g/mol. The van der Waals surface area contributed by atoms with Gasteiger partial charge in [-0.1, -0.05) is 19.9 Å². The van der Waals surface area contributed by atoms with E-state index < -0.39 is 0 Å². The van der Waals surface area contributed by atoms with Crippen molar-refractivity contribution in [2.24, 2.45) is 5.73 Å². The van der Waals surface area contributed by atoms with Crippen molar-refractivity contribution in [2.45, 2.75) is 52.2 Å². The van der Waals surface area contributed by atoms with Gasteiger partial charge in [-0.05, 0) is 49.9 Å². The molecular weight excluding hydrogens is 238 g/mol. The highest BCUT2D eigenvalue weighted by molar-refractivity contribution is 5.37. The van der Waals surface area contributed by atoms with Crippen molar-refractivity contribution in [3.8, 4) is 5.75 Å². The number of nitrogens with two attached hydrogens (primary N) is 1. The van der Waals surface area contributed by atoms with Gasteiger partial charge in [-0.25, -0.2) is 0 Å². The van der Waals surface area contributed by atoms with E-state index in [1.54, 1.807) is 7.11 Å². The lowest BCUT2D eigenvalue weighted by Gasteiger charge is -2.38. The minimum atomic E-state index is -0.284. The van der Waals surface area contributed by atoms with Crippen molar-refractivity contribution in [3.05, 3.63) is 29.3 Å². The molecule has 0 heterocycles. The van der Waals surface area contributed by atoms with Crippen molar-refractivity contribution in [3.63, 3.8) is 0 Å². The van der Waals surface area contributed by atoms with Gasteiger partial charge in [0.05, 0.1) is 18.8 Å². The van der Waals surface area contributed by atoms with Crippen LogP contribution in [0.1, 0.15) is 50.8 Å². The quantitative estimate of drug-likeness (QED) is 0.819. The Kier molecular flexibility index (Phi) is 5.83. The summed E-state index contributed by atoms with van der Waals surface area (Å²) in [7, 11) is 1.68. The average Bonchev–Trinajstić information content (AvgIpc) is 2.44. The fourth-order valence-corrected chi connectivity index (χ4v) is 2.68. The summed E-state index contributed by atoms with van der Waals surface area (Å²) >= 11 is 0. The first-order valence-corrected chi connectivity index (χ1v) is 7.08. The van der Waals surface area contributed by atoms with Crippen LogP contribution < -0.4 is 10.5 Å². The number of hydrogen-bond donors (Lipinski definition) is 1. The maximum Gasteiger partial charge on any atom is 0.119 e. The Balaban J connectivity index is 3.12. The fraction of sp³-hybridized carbons (Fsp3) is 0.625. The van der Waals surface area contributed by atoms with Gasteiger partial charge in [-0.2, -0.15) is 0 Å². The van der Waals surface area contributed by atoms with E-state index in [4.69, 9.17) is 15.2 Å². The van der Waals surface area contributed by atoms with Crippen molar-refractivity contribution >= 4 is 0 Å². The van der Waals surface area contributed by atoms with E-state index in [0.29, 0.717) is 6.61 Å². The van der Waals surface area contributed by atoms with Crippen molar-refractivity contribution in [1.82, 2.24) is 0 Å². The molecule has 3 nitrogen and oxygen atoms in total. The van der Waals surface area contributed by atoms with Gasteiger partial charge in [0, 0.05) is 6.61 Å². The summed E-state index contributed by atoms with van der Waals surface area (Å²) in [5.41, 5.74) is 8.51. The van der Waals surface area contributed by atoms with E-state index in [1.165, 1.54) is 0 Å². The molecule has 19 heavy (non-hydrogen) atoms. The van der Waals surface area contributed by atoms with Gasteiger partial charge in [0.25, 0.3) is 0 Å². The molecule has 3 heteroatoms. The fourth-order valence-electron chi connectivity index (χ4n) is 2.68. The first-order chi connectivity index (χ1) is 9.04. The van der Waals surface area contributed by atoms with Crippen molar-refractivity contribution in [2.75, 3.05) is 13.7 Å². The molecule has 0 spiro atoms. The van der Waals surface area contributed by atoms with Crippen LogP contribution in [0.2, 0.25) is 0 Å². The molecule has 1 unspecified atom stereocenters. The third-order valence-electron chi connectivity index (χ3n) is 4.01. The Labute approximate surface area is 117 Å². The number of benzene rings is 1. The summed E-state index contributed by atoms with van der Waals surface area (Å²) in [6.45, 7) is 9.05. The topological polar surface area (TPSA) is 44.5 Å². The molecule has 0 saturated carbocycles. The molecule has 1 rings (SSSR count). The Hall–Kier alpha value is -1.06. The third kappa shape index (κ3) is 3.28. The number of ether oxygens (including phenoxy) is 2. The predicted molar refractivity (Wildman–Crippen MR) is 79.6 cm³/mol. The molecule has 2 N–H and O–H groups in total. The number of aryl methyl sites for hydroxylation is 1. The molecule has 0 aliphatic heterocycles. The van der Waals surface area contributed by atoms with Crippen LogP contribution >= 0.6 is 0 Å². The highest BCUT2D eigenvalue weighted by Crippen LogP contribution is 2.35. The summed E-state index contributed by atoms with van der Waals surface area (Å²) in [5, 5.41) is 0. The largest absolute Gasteiger partial charge is 0.497 e. The highest BCUT2D eigenvalue weighted by Gasteiger charge is 2.35. The number of methoxy groups -OCH3 is 1. The summed E-state index contributed by atoms with van der Waals surface area (Å²) in [4.78, 5) is 0. The van der Waals surface area contributed by atoms with Gasteiger partial charge in [-0.15, -0.1) is 0 Å². The van der Waals surface area contributed by atoms with Gasteiger partial charge >= 0.3 is 0 Å². The van der Waals surface area contributed by atoms with Crippen molar-refractivity contribution < 1.29 is 9.47 Å². The smallest absolute Gasteiger partial charge is 0.119 e. The first kappa shape index (κ1) is 16.0. The van der Waals surface area contributed by atoms with Crippen LogP contribution in [0.5, 0.6) is 5.75 Å². The molecular formula is C16H27NO2. The van der Waals surface area contributed by atoms with Gasteiger partial charge < -0.3 is 15.2 Å². The lowest BCUT2D eigenvalue weighted by molar-refractivity contribution is -0.0647. The molecule has 0 bridgehead atoms. The molecule has 0 amide bonds. The van der Waals surface area contributed by atoms with Crippen LogP contribution in [0.15, 0.2) is 18.2 Å². The summed E-state index contributed by atoms with van der Waals surface area (Å²) in [6.07, 6.45) is 1.81. The Morgan fingerprint density at radius 1 is 1.21 bits per heavy atom. The molecule has 108 valence electrons. The number of hydrogen-bond acceptors (Lipinski definition) is 3. The minimum absolute atomic E-state index is 0.117. The monoisotopic (exact) mass is 265 g/mol. The lowest BCUT2D eigenvalue weighted by Crippen LogP contribution is -2.43. The van der Waals surface area contributed by atoms with Crippen LogP contribution in [-0.4, -0.2) is 19.3 Å². The zero-order valence-corrected chi connectivity index (χ0v) is 12.8. The Bertz CT molecular complexity index is 400. The standard InChI is InChI=1S/C16H27NO2/c1-6-16(7-2,19-8-3)15(17)14-10-9-13(18-5)11-12(14)4/h9-11,15H,6-8,17H2,1-5H3. The second-order valence-corrected chi connectivity index (χ2v) is 4.91. The van der Waals surface area contributed by atoms with Gasteiger partial charge in [-0.3, -0.25) is 0 Å². The summed E-state index contributed by atoms with van der Waals surface area (Å²) in [6, 6.07) is 5.92. The molecule has 0 radical (unpaired) electrons. The van der Waals surface area contributed by atoms with Crippen LogP contribution in [0, 0.1) is 6.92 Å². The molecule has 0 fully saturated rings. The molecule has 1 atom stereocenters. The summed E-state index contributed by atoms with van der Waals surface area (Å²) < 4.78 is 11.2. The normalized spacial score (nSPS) is 13.4. The summed E-state index contributed by atoms with van der Waals surface area (Å²) in [5.74, 6) is 0.864. The van der Waals surface area contributed by atoms with Crippen LogP contribution in [0.25, 0.3) is 0 Å². The Morgan fingerprint density at radius 2 is 1.84 bits per heavy atom. The SMILES string of the molecule is CCOC(CC)(CC)C(N)c1ccc(OC)cc1C. The van der Waals surface area contributed by atoms with Crippen molar-refractivity contribution in [1.29, 1.82) is 0 Å². The number of rotatable bonds is 7. The molecule has 1 aromatic rings. The van der Waals surface area contributed by atoms with Gasteiger partial charge in [0.1, 0.15) is 5.75 Å².